The van der Waals surface area contributed by atoms with Crippen molar-refractivity contribution in [3.63, 3.8) is 0 Å². The molecule has 2 aromatic carbocycles. The first-order chi connectivity index (χ1) is 5.72. The van der Waals surface area contributed by atoms with E-state index in [4.69, 9.17) is 0 Å². The van der Waals surface area contributed by atoms with E-state index in [0.29, 0.717) is 0 Å². The summed E-state index contributed by atoms with van der Waals surface area (Å²) in [5.74, 6) is 0. The Bertz CT molecular complexity index is 529. The van der Waals surface area contributed by atoms with Gasteiger partial charge in [-0.2, -0.15) is 0 Å². The summed E-state index contributed by atoms with van der Waals surface area (Å²) in [5.41, 5.74) is -2.29. The molecule has 0 unspecified atom stereocenters. The fraction of sp³-hybridized carbons (Fsp3) is 0. The van der Waals surface area contributed by atoms with Gasteiger partial charge in [0.1, 0.15) is 0 Å². The Morgan fingerprint density at radius 3 is 1.46 bits per heavy atom. The number of hydrogen-bond donors (Lipinski definition) is 0. The van der Waals surface area contributed by atoms with Crippen molar-refractivity contribution in [3.05, 3.63) is 54.9 Å². The molecule has 1 radical (unpaired) electrons. The average molecular weight is 224 g/mol. The Morgan fingerprint density at radius 1 is 0.692 bits per heavy atom. The Hall–Kier alpha value is -1.25. The molecule has 4 heteroatoms. The van der Waals surface area contributed by atoms with Gasteiger partial charge in [-0.25, -0.2) is 0 Å². The van der Waals surface area contributed by atoms with Gasteiger partial charge < -0.3 is 0 Å². The molecule has 0 aliphatic heterocycles. The first kappa shape index (κ1) is 9.83. The second-order valence-electron chi connectivity index (χ2n) is 2.53. The van der Waals surface area contributed by atoms with Crippen LogP contribution in [0.25, 0.3) is 10.8 Å². The van der Waals surface area contributed by atoms with Crippen molar-refractivity contribution in [1.82, 2.24) is 0 Å². The molecule has 0 heterocycles. The minimum absolute atomic E-state index is 0. The van der Waals surface area contributed by atoms with Crippen LogP contribution in [0.1, 0.15) is 0 Å². The Labute approximate surface area is 83.2 Å². The smallest absolute Gasteiger partial charge is 0.273 e. The molecule has 2 aromatic rings. The van der Waals surface area contributed by atoms with Gasteiger partial charge in [0.05, 0.1) is 0 Å². The SMILES string of the molecule is O=c1c(=O)c2ccccc2c1=O.[Cu]. The minimum atomic E-state index is -0.920. The summed E-state index contributed by atoms with van der Waals surface area (Å²) in [7, 11) is 0. The molecule has 0 aromatic heterocycles. The van der Waals surface area contributed by atoms with Crippen LogP contribution in [-0.2, 0) is 17.1 Å². The van der Waals surface area contributed by atoms with Crippen molar-refractivity contribution in [2.24, 2.45) is 0 Å². The van der Waals surface area contributed by atoms with E-state index in [1.54, 1.807) is 12.1 Å². The molecule has 3 nitrogen and oxygen atoms in total. The minimum Gasteiger partial charge on any atom is -0.285 e. The van der Waals surface area contributed by atoms with Crippen molar-refractivity contribution in [1.29, 1.82) is 0 Å². The molecule has 0 N–H and O–H groups in total. The summed E-state index contributed by atoms with van der Waals surface area (Å²) < 4.78 is 0. The van der Waals surface area contributed by atoms with Crippen LogP contribution in [0.5, 0.6) is 0 Å². The molecule has 0 saturated heterocycles. The Morgan fingerprint density at radius 2 is 1.08 bits per heavy atom. The van der Waals surface area contributed by atoms with Gasteiger partial charge in [0.15, 0.2) is 0 Å². The van der Waals surface area contributed by atoms with Gasteiger partial charge in [0.25, 0.3) is 5.43 Å². The molecule has 0 aliphatic carbocycles. The van der Waals surface area contributed by atoms with Crippen LogP contribution in [0.3, 0.4) is 0 Å². The third-order valence-corrected chi connectivity index (χ3v) is 1.83. The van der Waals surface area contributed by atoms with Gasteiger partial charge in [-0.15, -0.1) is 0 Å². The van der Waals surface area contributed by atoms with Gasteiger partial charge in [0, 0.05) is 27.8 Å². The Kier molecular flexibility index (Phi) is 2.45. The van der Waals surface area contributed by atoms with Crippen LogP contribution < -0.4 is 16.3 Å². The van der Waals surface area contributed by atoms with E-state index in [9.17, 15) is 14.4 Å². The first-order valence-electron chi connectivity index (χ1n) is 3.44. The van der Waals surface area contributed by atoms with Crippen LogP contribution >= 0.6 is 0 Å². The van der Waals surface area contributed by atoms with E-state index in [-0.39, 0.29) is 27.8 Å². The van der Waals surface area contributed by atoms with Gasteiger partial charge in [-0.3, -0.25) is 14.4 Å². The summed E-state index contributed by atoms with van der Waals surface area (Å²) in [4.78, 5) is 32.9. The molecule has 13 heavy (non-hydrogen) atoms. The summed E-state index contributed by atoms with van der Waals surface area (Å²) in [6, 6.07) is 6.23. The molecular weight excluding hydrogens is 220 g/mol. The average Bonchev–Trinajstić information content (AvgIpc) is 2.33. The topological polar surface area (TPSA) is 51.2 Å². The van der Waals surface area contributed by atoms with Gasteiger partial charge in [-0.05, 0) is 0 Å². The second-order valence-corrected chi connectivity index (χ2v) is 2.53. The van der Waals surface area contributed by atoms with Crippen molar-refractivity contribution < 1.29 is 17.1 Å². The van der Waals surface area contributed by atoms with Gasteiger partial charge in [-0.1, -0.05) is 24.3 Å². The van der Waals surface area contributed by atoms with Crippen LogP contribution in [0, 0.1) is 0 Å². The van der Waals surface area contributed by atoms with E-state index in [2.05, 4.69) is 0 Å². The maximum atomic E-state index is 11.0. The molecule has 0 atom stereocenters. The summed E-state index contributed by atoms with van der Waals surface area (Å²) in [6.45, 7) is 0. The summed E-state index contributed by atoms with van der Waals surface area (Å²) in [6.07, 6.45) is 0. The quantitative estimate of drug-likeness (QED) is 0.459. The van der Waals surface area contributed by atoms with Crippen molar-refractivity contribution in [2.75, 3.05) is 0 Å². The van der Waals surface area contributed by atoms with Crippen LogP contribution in [0.4, 0.5) is 0 Å². The third kappa shape index (κ3) is 1.24. The van der Waals surface area contributed by atoms with E-state index in [1.165, 1.54) is 12.1 Å². The standard InChI is InChI=1S/C9H4O3.Cu/c10-7-5-3-1-2-4-6(5)8(11)9(7)12;/h1-4H;. The monoisotopic (exact) mass is 223 g/mol. The van der Waals surface area contributed by atoms with Crippen LogP contribution in [0.2, 0.25) is 0 Å². The molecule has 0 aliphatic rings. The molecule has 0 fully saturated rings. The fourth-order valence-electron chi connectivity index (χ4n) is 1.23. The number of rotatable bonds is 0. The predicted molar refractivity (Wildman–Crippen MR) is 45.1 cm³/mol. The zero-order chi connectivity index (χ0) is 8.72. The molecular formula is C9H4CuO3. The summed E-state index contributed by atoms with van der Waals surface area (Å²) in [5, 5.41) is 0.458. The maximum Gasteiger partial charge on any atom is 0.273 e. The second kappa shape index (κ2) is 3.24. The van der Waals surface area contributed by atoms with Crippen molar-refractivity contribution in [3.8, 4) is 0 Å². The molecule has 2 rings (SSSR count). The number of hydrogen-bond acceptors (Lipinski definition) is 3. The molecule has 0 amide bonds. The van der Waals surface area contributed by atoms with E-state index < -0.39 is 16.3 Å². The van der Waals surface area contributed by atoms with E-state index in [0.717, 1.165) is 0 Å². The number of fused-ring (bicyclic) bond motifs is 1. The predicted octanol–water partition coefficient (Wildman–Crippen LogP) is -0.207. The number of benzene rings is 1. The zero-order valence-corrected chi connectivity index (χ0v) is 7.28. The van der Waals surface area contributed by atoms with Crippen molar-refractivity contribution in [2.45, 2.75) is 0 Å². The molecule has 69 valence electrons. The normalized spacial score (nSPS) is 9.85. The van der Waals surface area contributed by atoms with E-state index in [1.807, 2.05) is 0 Å². The largest absolute Gasteiger partial charge is 0.285 e. The summed E-state index contributed by atoms with van der Waals surface area (Å²) >= 11 is 0. The van der Waals surface area contributed by atoms with Crippen molar-refractivity contribution >= 4 is 10.8 Å². The van der Waals surface area contributed by atoms with Crippen LogP contribution in [0.15, 0.2) is 38.6 Å². The maximum absolute atomic E-state index is 11.0. The zero-order valence-electron chi connectivity index (χ0n) is 6.34. The van der Waals surface area contributed by atoms with Gasteiger partial charge >= 0.3 is 0 Å². The van der Waals surface area contributed by atoms with E-state index >= 15 is 0 Å². The molecule has 0 spiro atoms. The van der Waals surface area contributed by atoms with Gasteiger partial charge in [0.2, 0.25) is 10.9 Å². The third-order valence-electron chi connectivity index (χ3n) is 1.83. The van der Waals surface area contributed by atoms with Crippen LogP contribution in [-0.4, -0.2) is 0 Å². The Balaban J connectivity index is 0.000000845. The fourth-order valence-corrected chi connectivity index (χ4v) is 1.23. The molecule has 0 bridgehead atoms. The molecule has 0 saturated carbocycles. The first-order valence-corrected chi connectivity index (χ1v) is 3.44.